The zero-order valence-electron chi connectivity index (χ0n) is 10.1. The molecule has 0 fully saturated rings. The summed E-state index contributed by atoms with van der Waals surface area (Å²) >= 11 is 0. The van der Waals surface area contributed by atoms with E-state index >= 15 is 0 Å². The number of sulfone groups is 2. The molecule has 1 rings (SSSR count). The van der Waals surface area contributed by atoms with E-state index in [1.165, 1.54) is 26.0 Å². The van der Waals surface area contributed by atoms with Crippen molar-refractivity contribution in [3.05, 3.63) is 30.1 Å². The van der Waals surface area contributed by atoms with E-state index in [0.717, 1.165) is 12.1 Å². The fourth-order valence-corrected chi connectivity index (χ4v) is 4.33. The lowest BCUT2D eigenvalue weighted by molar-refractivity contribution is 0.581. The molecular formula is C11H15FO4S2. The lowest BCUT2D eigenvalue weighted by Crippen LogP contribution is -2.23. The minimum Gasteiger partial charge on any atom is -0.229 e. The number of benzene rings is 1. The van der Waals surface area contributed by atoms with Gasteiger partial charge < -0.3 is 0 Å². The van der Waals surface area contributed by atoms with E-state index in [2.05, 4.69) is 0 Å². The molecule has 0 radical (unpaired) electrons. The predicted molar refractivity (Wildman–Crippen MR) is 67.4 cm³/mol. The summed E-state index contributed by atoms with van der Waals surface area (Å²) < 4.78 is 59.6. The fraction of sp³-hybridized carbons (Fsp3) is 0.455. The minimum atomic E-state index is -3.77. The van der Waals surface area contributed by atoms with E-state index in [1.54, 1.807) is 0 Å². The third kappa shape index (κ3) is 3.78. The lowest BCUT2D eigenvalue weighted by Gasteiger charge is -2.08. The van der Waals surface area contributed by atoms with Crippen LogP contribution in [-0.2, 0) is 19.7 Å². The summed E-state index contributed by atoms with van der Waals surface area (Å²) in [6.07, 6.45) is 0. The standard InChI is InChI=1S/C11H15FO4S2/c1-9(2)17(13,14)6-7-18(15,16)11-5-3-4-10(12)8-11/h3-5,8-9H,6-7H2,1-2H3. The Morgan fingerprint density at radius 2 is 1.72 bits per heavy atom. The van der Waals surface area contributed by atoms with Gasteiger partial charge in [0.15, 0.2) is 19.7 Å². The lowest BCUT2D eigenvalue weighted by atomic mass is 10.4. The molecule has 0 aromatic heterocycles. The van der Waals surface area contributed by atoms with Gasteiger partial charge >= 0.3 is 0 Å². The van der Waals surface area contributed by atoms with Crippen LogP contribution >= 0.6 is 0 Å². The zero-order valence-corrected chi connectivity index (χ0v) is 11.8. The highest BCUT2D eigenvalue weighted by atomic mass is 32.2. The van der Waals surface area contributed by atoms with Crippen molar-refractivity contribution >= 4 is 19.7 Å². The molecule has 0 amide bonds. The molecule has 18 heavy (non-hydrogen) atoms. The first-order valence-corrected chi connectivity index (χ1v) is 8.72. The van der Waals surface area contributed by atoms with Gasteiger partial charge in [0.25, 0.3) is 0 Å². The van der Waals surface area contributed by atoms with Gasteiger partial charge in [0.1, 0.15) is 5.82 Å². The Morgan fingerprint density at radius 1 is 1.11 bits per heavy atom. The van der Waals surface area contributed by atoms with Gasteiger partial charge in [-0.2, -0.15) is 0 Å². The van der Waals surface area contributed by atoms with Gasteiger partial charge in [0.2, 0.25) is 0 Å². The predicted octanol–water partition coefficient (Wildman–Crippen LogP) is 1.42. The smallest absolute Gasteiger partial charge is 0.179 e. The van der Waals surface area contributed by atoms with Crippen LogP contribution in [0.5, 0.6) is 0 Å². The van der Waals surface area contributed by atoms with E-state index in [9.17, 15) is 21.2 Å². The maximum atomic E-state index is 12.9. The molecule has 0 heterocycles. The van der Waals surface area contributed by atoms with E-state index in [4.69, 9.17) is 0 Å². The molecule has 0 unspecified atom stereocenters. The Hall–Kier alpha value is -0.950. The largest absolute Gasteiger partial charge is 0.229 e. The van der Waals surface area contributed by atoms with Crippen molar-refractivity contribution < 1.29 is 21.2 Å². The van der Waals surface area contributed by atoms with Crippen molar-refractivity contribution in [3.8, 4) is 0 Å². The maximum absolute atomic E-state index is 12.9. The topological polar surface area (TPSA) is 68.3 Å². The second kappa shape index (κ2) is 5.36. The van der Waals surface area contributed by atoms with Crippen LogP contribution in [0, 0.1) is 5.82 Å². The monoisotopic (exact) mass is 294 g/mol. The Bertz CT molecular complexity index is 618. The zero-order chi connectivity index (χ0) is 14.0. The van der Waals surface area contributed by atoms with Gasteiger partial charge in [-0.3, -0.25) is 0 Å². The molecule has 0 N–H and O–H groups in total. The second-order valence-corrected chi connectivity index (χ2v) is 8.98. The highest BCUT2D eigenvalue weighted by Crippen LogP contribution is 2.14. The first-order valence-electron chi connectivity index (χ1n) is 5.35. The summed E-state index contributed by atoms with van der Waals surface area (Å²) in [5, 5.41) is -0.625. The van der Waals surface area contributed by atoms with Crippen molar-refractivity contribution in [2.24, 2.45) is 0 Å². The number of halogens is 1. The van der Waals surface area contributed by atoms with Gasteiger partial charge in [-0.1, -0.05) is 6.07 Å². The summed E-state index contributed by atoms with van der Waals surface area (Å²) in [6, 6.07) is 4.54. The molecule has 0 atom stereocenters. The Labute approximate surface area is 107 Å². The van der Waals surface area contributed by atoms with Crippen molar-refractivity contribution in [1.82, 2.24) is 0 Å². The van der Waals surface area contributed by atoms with Crippen LogP contribution in [0.15, 0.2) is 29.2 Å². The molecule has 4 nitrogen and oxygen atoms in total. The maximum Gasteiger partial charge on any atom is 0.179 e. The molecule has 0 aliphatic rings. The SMILES string of the molecule is CC(C)S(=O)(=O)CCS(=O)(=O)c1cccc(F)c1. The van der Waals surface area contributed by atoms with Crippen molar-refractivity contribution in [2.75, 3.05) is 11.5 Å². The normalized spacial score (nSPS) is 12.9. The van der Waals surface area contributed by atoms with Crippen molar-refractivity contribution in [3.63, 3.8) is 0 Å². The summed E-state index contributed by atoms with van der Waals surface area (Å²) in [5.41, 5.74) is 0. The van der Waals surface area contributed by atoms with E-state index in [1.807, 2.05) is 0 Å². The highest BCUT2D eigenvalue weighted by molar-refractivity contribution is 7.95. The molecule has 0 saturated carbocycles. The number of hydrogen-bond acceptors (Lipinski definition) is 4. The third-order valence-electron chi connectivity index (χ3n) is 2.51. The fourth-order valence-electron chi connectivity index (χ4n) is 1.24. The van der Waals surface area contributed by atoms with E-state index in [0.29, 0.717) is 0 Å². The van der Waals surface area contributed by atoms with Crippen LogP contribution in [0.25, 0.3) is 0 Å². The molecule has 0 aliphatic heterocycles. The average Bonchev–Trinajstić information content (AvgIpc) is 2.26. The summed E-state index contributed by atoms with van der Waals surface area (Å²) in [6.45, 7) is 2.98. The van der Waals surface area contributed by atoms with Crippen LogP contribution in [0.3, 0.4) is 0 Å². The van der Waals surface area contributed by atoms with Gasteiger partial charge in [-0.15, -0.1) is 0 Å². The van der Waals surface area contributed by atoms with Crippen molar-refractivity contribution in [1.29, 1.82) is 0 Å². The molecule has 0 aliphatic carbocycles. The number of rotatable bonds is 5. The van der Waals surface area contributed by atoms with Crippen LogP contribution in [0.4, 0.5) is 4.39 Å². The Morgan fingerprint density at radius 3 is 2.22 bits per heavy atom. The van der Waals surface area contributed by atoms with Crippen LogP contribution in [-0.4, -0.2) is 33.6 Å². The third-order valence-corrected chi connectivity index (χ3v) is 6.69. The summed E-state index contributed by atoms with van der Waals surface area (Å²) in [4.78, 5) is -0.193. The minimum absolute atomic E-state index is 0.193. The molecule has 0 spiro atoms. The Balaban J connectivity index is 2.91. The average molecular weight is 294 g/mol. The molecule has 102 valence electrons. The Kier molecular flexibility index (Phi) is 4.50. The first kappa shape index (κ1) is 15.1. The molecular weight excluding hydrogens is 279 g/mol. The molecule has 1 aromatic rings. The van der Waals surface area contributed by atoms with Crippen molar-refractivity contribution in [2.45, 2.75) is 24.0 Å². The van der Waals surface area contributed by atoms with Crippen LogP contribution in [0.1, 0.15) is 13.8 Å². The summed E-state index contributed by atoms with van der Waals surface area (Å²) in [7, 11) is -7.19. The van der Waals surface area contributed by atoms with Crippen LogP contribution < -0.4 is 0 Å². The van der Waals surface area contributed by atoms with E-state index < -0.39 is 42.2 Å². The molecule has 0 saturated heterocycles. The van der Waals surface area contributed by atoms with Gasteiger partial charge in [0, 0.05) is 0 Å². The summed E-state index contributed by atoms with van der Waals surface area (Å²) in [5.74, 6) is -1.65. The van der Waals surface area contributed by atoms with Gasteiger partial charge in [-0.25, -0.2) is 21.2 Å². The molecule has 7 heteroatoms. The number of hydrogen-bond donors (Lipinski definition) is 0. The van der Waals surface area contributed by atoms with Crippen LogP contribution in [0.2, 0.25) is 0 Å². The van der Waals surface area contributed by atoms with Gasteiger partial charge in [-0.05, 0) is 32.0 Å². The molecule has 1 aromatic carbocycles. The highest BCUT2D eigenvalue weighted by Gasteiger charge is 2.22. The molecule has 0 bridgehead atoms. The second-order valence-electron chi connectivity index (χ2n) is 4.19. The van der Waals surface area contributed by atoms with Gasteiger partial charge in [0.05, 0.1) is 21.7 Å². The quantitative estimate of drug-likeness (QED) is 0.823. The first-order chi connectivity index (χ1) is 8.15. The van der Waals surface area contributed by atoms with E-state index in [-0.39, 0.29) is 4.90 Å².